The molecule has 1 aromatic carbocycles. The van der Waals surface area contributed by atoms with Crippen LogP contribution >= 0.6 is 0 Å². The van der Waals surface area contributed by atoms with Crippen LogP contribution in [0.5, 0.6) is 0 Å². The van der Waals surface area contributed by atoms with Gasteiger partial charge in [0.2, 0.25) is 5.91 Å². The molecule has 13 heteroatoms. The second-order valence-electron chi connectivity index (χ2n) is 7.50. The molecule has 0 radical (unpaired) electrons. The van der Waals surface area contributed by atoms with Gasteiger partial charge in [-0.05, 0) is 24.3 Å². The minimum absolute atomic E-state index is 0.185. The molecule has 2 amide bonds. The van der Waals surface area contributed by atoms with Crippen molar-refractivity contribution < 1.29 is 28.1 Å². The van der Waals surface area contributed by atoms with Crippen molar-refractivity contribution in [2.45, 2.75) is 19.6 Å². The zero-order valence-electron chi connectivity index (χ0n) is 17.6. The molecular weight excluding hydrogens is 439 g/mol. The number of carbonyl (C=O) groups excluding carboxylic acids is 2. The number of cyclic esters (lactones) is 1. The third-order valence-electron chi connectivity index (χ3n) is 5.12. The highest BCUT2D eigenvalue weighted by atomic mass is 19.1. The number of nitrogens with zero attached hydrogens (tertiary/aromatic N) is 5. The molecule has 2 aliphatic rings. The highest BCUT2D eigenvalue weighted by Gasteiger charge is 2.33. The quantitative estimate of drug-likeness (QED) is 0.490. The van der Waals surface area contributed by atoms with E-state index in [9.17, 15) is 24.1 Å². The molecule has 2 aromatic rings. The maximum Gasteiger partial charge on any atom is 0.433 e. The van der Waals surface area contributed by atoms with Crippen molar-refractivity contribution >= 4 is 35.6 Å². The standard InChI is InChI=1S/C20H21FN6O6/c1-13(28)22-9-16-11-26(20(29)33-16)14-2-4-18(17(21)8-14)24-6-7-25(23-12-24)10-15-3-5-19(32-15)27(30)31/h2-5,8,12,16H,6-7,9-11H2,1H3,(H,22,28)/t16-/m0/s1. The van der Waals surface area contributed by atoms with Gasteiger partial charge in [-0.3, -0.25) is 24.8 Å². The maximum absolute atomic E-state index is 14.9. The van der Waals surface area contributed by atoms with E-state index in [4.69, 9.17) is 9.15 Å². The molecule has 1 aromatic heterocycles. The van der Waals surface area contributed by atoms with E-state index in [-0.39, 0.29) is 37.1 Å². The van der Waals surface area contributed by atoms with Crippen LogP contribution in [0.2, 0.25) is 0 Å². The van der Waals surface area contributed by atoms with E-state index in [1.165, 1.54) is 36.4 Å². The largest absolute Gasteiger partial charge is 0.442 e. The average molecular weight is 460 g/mol. The predicted octanol–water partition coefficient (Wildman–Crippen LogP) is 2.05. The molecule has 0 unspecified atom stereocenters. The van der Waals surface area contributed by atoms with Gasteiger partial charge < -0.3 is 19.4 Å². The fraction of sp³-hybridized carbons (Fsp3) is 0.350. The molecule has 12 nitrogen and oxygen atoms in total. The first kappa shape index (κ1) is 22.0. The van der Waals surface area contributed by atoms with Gasteiger partial charge in [-0.1, -0.05) is 0 Å². The number of hydrazone groups is 1. The minimum Gasteiger partial charge on any atom is -0.442 e. The number of carbonyl (C=O) groups is 2. The summed E-state index contributed by atoms with van der Waals surface area (Å²) in [6.45, 7) is 2.86. The van der Waals surface area contributed by atoms with Crippen molar-refractivity contribution in [3.05, 3.63) is 52.0 Å². The number of benzene rings is 1. The third kappa shape index (κ3) is 5.02. The molecular formula is C20H21FN6O6. The van der Waals surface area contributed by atoms with Gasteiger partial charge in [0.05, 0.1) is 43.6 Å². The van der Waals surface area contributed by atoms with Crippen LogP contribution in [-0.4, -0.2) is 60.6 Å². The van der Waals surface area contributed by atoms with Gasteiger partial charge in [-0.15, -0.1) is 0 Å². The number of nitrogens with one attached hydrogen (secondary N) is 1. The van der Waals surface area contributed by atoms with Crippen molar-refractivity contribution in [1.82, 2.24) is 10.3 Å². The molecule has 4 rings (SSSR count). The summed E-state index contributed by atoms with van der Waals surface area (Å²) in [5.74, 6) is -0.700. The monoisotopic (exact) mass is 460 g/mol. The Labute approximate surface area is 187 Å². The number of nitro groups is 1. The smallest absolute Gasteiger partial charge is 0.433 e. The average Bonchev–Trinajstić information content (AvgIpc) is 3.39. The van der Waals surface area contributed by atoms with E-state index in [2.05, 4.69) is 10.4 Å². The number of hydrogen-bond donors (Lipinski definition) is 1. The van der Waals surface area contributed by atoms with Crippen LogP contribution < -0.4 is 15.1 Å². The van der Waals surface area contributed by atoms with Gasteiger partial charge >= 0.3 is 12.0 Å². The van der Waals surface area contributed by atoms with Crippen LogP contribution in [-0.2, 0) is 16.1 Å². The summed E-state index contributed by atoms with van der Waals surface area (Å²) in [6, 6.07) is 7.21. The van der Waals surface area contributed by atoms with Gasteiger partial charge in [0.1, 0.15) is 28.9 Å². The van der Waals surface area contributed by atoms with E-state index in [0.29, 0.717) is 24.5 Å². The number of rotatable bonds is 7. The Balaban J connectivity index is 1.38. The summed E-state index contributed by atoms with van der Waals surface area (Å²) in [4.78, 5) is 36.2. The number of amides is 2. The van der Waals surface area contributed by atoms with E-state index in [1.54, 1.807) is 22.0 Å². The minimum atomic E-state index is -0.609. The number of halogens is 1. The van der Waals surface area contributed by atoms with E-state index >= 15 is 0 Å². The lowest BCUT2D eigenvalue weighted by molar-refractivity contribution is -0.402. The highest BCUT2D eigenvalue weighted by molar-refractivity contribution is 5.90. The summed E-state index contributed by atoms with van der Waals surface area (Å²) >= 11 is 0. The highest BCUT2D eigenvalue weighted by Crippen LogP contribution is 2.28. The normalized spacial score (nSPS) is 17.9. The molecule has 33 heavy (non-hydrogen) atoms. The lowest BCUT2D eigenvalue weighted by Crippen LogP contribution is -2.38. The lowest BCUT2D eigenvalue weighted by atomic mass is 10.2. The fourth-order valence-corrected chi connectivity index (χ4v) is 3.50. The molecule has 2 aliphatic heterocycles. The Morgan fingerprint density at radius 1 is 1.33 bits per heavy atom. The van der Waals surface area contributed by atoms with Crippen molar-refractivity contribution in [2.75, 3.05) is 36.0 Å². The summed E-state index contributed by atoms with van der Waals surface area (Å²) in [6.07, 6.45) is 0.345. The number of ether oxygens (including phenoxy) is 1. The summed E-state index contributed by atoms with van der Waals surface area (Å²) < 4.78 is 25.2. The maximum atomic E-state index is 14.9. The summed E-state index contributed by atoms with van der Waals surface area (Å²) in [7, 11) is 0. The molecule has 1 saturated heterocycles. The fourth-order valence-electron chi connectivity index (χ4n) is 3.50. The van der Waals surface area contributed by atoms with Gasteiger partial charge in [0, 0.05) is 13.5 Å². The second kappa shape index (κ2) is 9.14. The molecule has 0 spiro atoms. The zero-order chi connectivity index (χ0) is 23.5. The lowest BCUT2D eigenvalue weighted by Gasteiger charge is -2.29. The Hall–Kier alpha value is -4.16. The van der Waals surface area contributed by atoms with Crippen molar-refractivity contribution in [2.24, 2.45) is 5.10 Å². The molecule has 3 heterocycles. The van der Waals surface area contributed by atoms with E-state index in [1.807, 2.05) is 0 Å². The van der Waals surface area contributed by atoms with E-state index in [0.717, 1.165) is 0 Å². The first-order chi connectivity index (χ1) is 15.8. The van der Waals surface area contributed by atoms with Crippen molar-refractivity contribution in [1.29, 1.82) is 0 Å². The molecule has 0 aliphatic carbocycles. The Bertz CT molecular complexity index is 1100. The first-order valence-electron chi connectivity index (χ1n) is 10.1. The van der Waals surface area contributed by atoms with Crippen LogP contribution in [0.4, 0.5) is 26.4 Å². The summed E-state index contributed by atoms with van der Waals surface area (Å²) in [5.41, 5.74) is 0.639. The van der Waals surface area contributed by atoms with Crippen LogP contribution in [0, 0.1) is 15.9 Å². The number of furan rings is 1. The van der Waals surface area contributed by atoms with Crippen molar-refractivity contribution in [3.63, 3.8) is 0 Å². The van der Waals surface area contributed by atoms with Crippen LogP contribution in [0.25, 0.3) is 0 Å². The summed E-state index contributed by atoms with van der Waals surface area (Å²) in [5, 5.41) is 19.2. The molecule has 1 N–H and O–H groups in total. The van der Waals surface area contributed by atoms with Gasteiger partial charge in [0.25, 0.3) is 0 Å². The Morgan fingerprint density at radius 2 is 2.15 bits per heavy atom. The topological polar surface area (TPSA) is 134 Å². The van der Waals surface area contributed by atoms with E-state index < -0.39 is 22.9 Å². The van der Waals surface area contributed by atoms with Crippen LogP contribution in [0.3, 0.4) is 0 Å². The van der Waals surface area contributed by atoms with Crippen molar-refractivity contribution in [3.8, 4) is 0 Å². The first-order valence-corrected chi connectivity index (χ1v) is 10.1. The predicted molar refractivity (Wildman–Crippen MR) is 114 cm³/mol. The molecule has 1 atom stereocenters. The molecule has 0 bridgehead atoms. The van der Waals surface area contributed by atoms with Gasteiger partial charge in [-0.2, -0.15) is 5.10 Å². The SMILES string of the molecule is CC(=O)NC[C@H]1CN(c2ccc(N3C=NN(Cc4ccc([N+](=O)[O-])o4)CC3)c(F)c2)C(=O)O1. The van der Waals surface area contributed by atoms with Crippen LogP contribution in [0.15, 0.2) is 39.9 Å². The zero-order valence-corrected chi connectivity index (χ0v) is 17.6. The molecule has 0 saturated carbocycles. The Morgan fingerprint density at radius 3 is 2.79 bits per heavy atom. The van der Waals surface area contributed by atoms with Gasteiger partial charge in [0.15, 0.2) is 0 Å². The number of hydrogen-bond acceptors (Lipinski definition) is 9. The van der Waals surface area contributed by atoms with Gasteiger partial charge in [-0.25, -0.2) is 9.18 Å². The molecule has 174 valence electrons. The molecule has 1 fully saturated rings. The second-order valence-corrected chi connectivity index (χ2v) is 7.50. The Kier molecular flexibility index (Phi) is 6.11. The van der Waals surface area contributed by atoms with Crippen LogP contribution in [0.1, 0.15) is 12.7 Å². The third-order valence-corrected chi connectivity index (χ3v) is 5.12. The number of anilines is 2.